The minimum absolute atomic E-state index is 0.0408. The number of esters is 1. The average Bonchev–Trinajstić information content (AvgIpc) is 3.07. The zero-order valence-corrected chi connectivity index (χ0v) is 17.9. The molecular formula is C22H31N3O4. The van der Waals surface area contributed by atoms with Crippen molar-refractivity contribution in [2.24, 2.45) is 5.41 Å². The topological polar surface area (TPSA) is 87.7 Å². The molecule has 1 aromatic carbocycles. The van der Waals surface area contributed by atoms with Crippen molar-refractivity contribution in [1.29, 1.82) is 0 Å². The molecule has 158 valence electrons. The van der Waals surface area contributed by atoms with Gasteiger partial charge in [0.2, 0.25) is 5.91 Å². The summed E-state index contributed by atoms with van der Waals surface area (Å²) in [6, 6.07) is 5.00. The van der Waals surface area contributed by atoms with Crippen LogP contribution in [0.25, 0.3) is 0 Å². The minimum Gasteiger partial charge on any atom is -0.452 e. The number of nitrogens with zero attached hydrogens (tertiary/aromatic N) is 1. The lowest BCUT2D eigenvalue weighted by molar-refractivity contribution is -0.126. The summed E-state index contributed by atoms with van der Waals surface area (Å²) in [5, 5.41) is 5.80. The van der Waals surface area contributed by atoms with Gasteiger partial charge in [0.05, 0.1) is 16.9 Å². The maximum atomic E-state index is 12.4. The molecule has 29 heavy (non-hydrogen) atoms. The normalized spacial score (nSPS) is 18.6. The number of carbonyl (C=O) groups is 3. The van der Waals surface area contributed by atoms with Crippen LogP contribution in [0.4, 0.5) is 11.4 Å². The number of carbonyl (C=O) groups excluding carboxylic acids is 3. The van der Waals surface area contributed by atoms with Gasteiger partial charge in [-0.3, -0.25) is 9.59 Å². The summed E-state index contributed by atoms with van der Waals surface area (Å²) in [7, 11) is 0. The van der Waals surface area contributed by atoms with Gasteiger partial charge in [-0.05, 0) is 56.7 Å². The van der Waals surface area contributed by atoms with Crippen LogP contribution in [0.15, 0.2) is 18.2 Å². The molecule has 1 saturated heterocycles. The van der Waals surface area contributed by atoms with Gasteiger partial charge in [0.25, 0.3) is 5.91 Å². The third-order valence-corrected chi connectivity index (χ3v) is 5.14. The zero-order chi connectivity index (χ0) is 21.4. The summed E-state index contributed by atoms with van der Waals surface area (Å²) in [5.74, 6) is -0.964. The molecule has 0 spiro atoms. The van der Waals surface area contributed by atoms with Gasteiger partial charge in [0, 0.05) is 12.1 Å². The van der Waals surface area contributed by atoms with Crippen molar-refractivity contribution in [3.8, 4) is 0 Å². The maximum Gasteiger partial charge on any atom is 0.338 e. The highest BCUT2D eigenvalue weighted by Gasteiger charge is 2.36. The second kappa shape index (κ2) is 7.69. The molecule has 2 amide bonds. The fraction of sp³-hybridized carbons (Fsp3) is 0.591. The predicted octanol–water partition coefficient (Wildman–Crippen LogP) is 3.10. The van der Waals surface area contributed by atoms with Crippen molar-refractivity contribution < 1.29 is 19.1 Å². The Morgan fingerprint density at radius 2 is 1.97 bits per heavy atom. The van der Waals surface area contributed by atoms with E-state index in [0.717, 1.165) is 31.5 Å². The molecule has 2 aliphatic heterocycles. The van der Waals surface area contributed by atoms with E-state index >= 15 is 0 Å². The Bertz CT molecular complexity index is 826. The van der Waals surface area contributed by atoms with E-state index in [2.05, 4.69) is 36.3 Å². The van der Waals surface area contributed by atoms with Crippen LogP contribution in [0.2, 0.25) is 0 Å². The second-order valence-corrected chi connectivity index (χ2v) is 9.82. The number of nitrogens with one attached hydrogen (secondary N) is 2. The molecule has 0 aliphatic carbocycles. The molecule has 7 nitrogen and oxygen atoms in total. The molecule has 1 atom stereocenters. The van der Waals surface area contributed by atoms with Gasteiger partial charge in [0.1, 0.15) is 6.04 Å². The number of hydrogen-bond donors (Lipinski definition) is 2. The molecule has 1 fully saturated rings. The first-order chi connectivity index (χ1) is 13.5. The van der Waals surface area contributed by atoms with Crippen molar-refractivity contribution in [2.75, 3.05) is 23.4 Å². The Morgan fingerprint density at radius 3 is 2.66 bits per heavy atom. The highest BCUT2D eigenvalue weighted by atomic mass is 16.5. The molecule has 2 heterocycles. The third kappa shape index (κ3) is 5.08. The van der Waals surface area contributed by atoms with Crippen molar-refractivity contribution >= 4 is 29.2 Å². The Morgan fingerprint density at radius 1 is 1.24 bits per heavy atom. The molecule has 0 bridgehead atoms. The first-order valence-electron chi connectivity index (χ1n) is 10.1. The smallest absolute Gasteiger partial charge is 0.338 e. The number of rotatable bonds is 5. The van der Waals surface area contributed by atoms with Crippen LogP contribution in [0.3, 0.4) is 0 Å². The molecule has 3 rings (SSSR count). The predicted molar refractivity (Wildman–Crippen MR) is 112 cm³/mol. The van der Waals surface area contributed by atoms with Crippen LogP contribution >= 0.6 is 0 Å². The van der Waals surface area contributed by atoms with Crippen LogP contribution < -0.4 is 15.5 Å². The van der Waals surface area contributed by atoms with E-state index in [-0.39, 0.29) is 29.9 Å². The van der Waals surface area contributed by atoms with E-state index in [1.54, 1.807) is 12.1 Å². The number of benzene rings is 1. The summed E-state index contributed by atoms with van der Waals surface area (Å²) in [5.41, 5.74) is 1.51. The number of anilines is 2. The summed E-state index contributed by atoms with van der Waals surface area (Å²) < 4.78 is 5.19. The van der Waals surface area contributed by atoms with Gasteiger partial charge in [0.15, 0.2) is 6.61 Å². The van der Waals surface area contributed by atoms with Crippen molar-refractivity contribution in [3.05, 3.63) is 23.8 Å². The molecule has 1 aromatic rings. The Labute approximate surface area is 172 Å². The van der Waals surface area contributed by atoms with Crippen LogP contribution in [0.1, 0.15) is 64.2 Å². The average molecular weight is 402 g/mol. The largest absolute Gasteiger partial charge is 0.452 e. The number of hydrogen-bond acceptors (Lipinski definition) is 5. The lowest BCUT2D eigenvalue weighted by Gasteiger charge is -2.33. The Kier molecular flexibility index (Phi) is 5.61. The lowest BCUT2D eigenvalue weighted by Crippen LogP contribution is -2.47. The lowest BCUT2D eigenvalue weighted by atomic mass is 9.82. The molecule has 2 N–H and O–H groups in total. The monoisotopic (exact) mass is 401 g/mol. The van der Waals surface area contributed by atoms with Crippen LogP contribution in [-0.4, -0.2) is 42.5 Å². The van der Waals surface area contributed by atoms with Crippen molar-refractivity contribution in [3.63, 3.8) is 0 Å². The number of fused-ring (bicyclic) bond motifs is 3. The maximum absolute atomic E-state index is 12.4. The molecule has 0 aromatic heterocycles. The highest BCUT2D eigenvalue weighted by Crippen LogP contribution is 2.37. The third-order valence-electron chi connectivity index (χ3n) is 5.14. The molecular weight excluding hydrogens is 370 g/mol. The van der Waals surface area contributed by atoms with Gasteiger partial charge in [-0.1, -0.05) is 20.8 Å². The van der Waals surface area contributed by atoms with Crippen molar-refractivity contribution in [2.45, 2.75) is 65.5 Å². The molecule has 7 heteroatoms. The van der Waals surface area contributed by atoms with Gasteiger partial charge < -0.3 is 20.3 Å². The van der Waals surface area contributed by atoms with Gasteiger partial charge in [-0.2, -0.15) is 0 Å². The van der Waals surface area contributed by atoms with E-state index in [0.29, 0.717) is 11.3 Å². The van der Waals surface area contributed by atoms with Gasteiger partial charge >= 0.3 is 5.97 Å². The first-order valence-corrected chi connectivity index (χ1v) is 10.1. The second-order valence-electron chi connectivity index (χ2n) is 9.82. The van der Waals surface area contributed by atoms with E-state index in [1.165, 1.54) is 0 Å². The van der Waals surface area contributed by atoms with Gasteiger partial charge in [-0.25, -0.2) is 4.79 Å². The molecule has 0 saturated carbocycles. The zero-order valence-electron chi connectivity index (χ0n) is 17.9. The quantitative estimate of drug-likeness (QED) is 0.741. The van der Waals surface area contributed by atoms with Gasteiger partial charge in [-0.15, -0.1) is 0 Å². The summed E-state index contributed by atoms with van der Waals surface area (Å²) in [6.07, 6.45) is 2.61. The Hall–Kier alpha value is -2.57. The fourth-order valence-electron chi connectivity index (χ4n) is 4.56. The van der Waals surface area contributed by atoms with Crippen LogP contribution in [0, 0.1) is 5.41 Å². The van der Waals surface area contributed by atoms with Crippen LogP contribution in [-0.2, 0) is 14.3 Å². The molecule has 2 aliphatic rings. The van der Waals surface area contributed by atoms with E-state index in [1.807, 2.05) is 19.9 Å². The van der Waals surface area contributed by atoms with E-state index < -0.39 is 11.5 Å². The summed E-state index contributed by atoms with van der Waals surface area (Å²) in [4.78, 5) is 39.0. The first kappa shape index (κ1) is 21.1. The standard InChI is InChI=1S/C22H31N3O4/c1-21(2,3)13-22(4,5)24-18(26)12-29-20(28)14-8-9-16-15(11-14)23-19(27)17-7-6-10-25(16)17/h8-9,11,17H,6-7,10,12-13H2,1-5H3,(H,23,27)(H,24,26)/t17-/m1/s1. The SMILES string of the molecule is CC(C)(C)CC(C)(C)NC(=O)COC(=O)c1ccc2c(c1)NC(=O)[C@H]1CCCN21. The number of ether oxygens (including phenoxy) is 1. The Balaban J connectivity index is 1.60. The fourth-order valence-corrected chi connectivity index (χ4v) is 4.56. The highest BCUT2D eigenvalue weighted by molar-refractivity contribution is 6.05. The molecule has 0 radical (unpaired) electrons. The number of amides is 2. The molecule has 0 unspecified atom stereocenters. The summed E-state index contributed by atoms with van der Waals surface area (Å²) in [6.45, 7) is 10.7. The van der Waals surface area contributed by atoms with E-state index in [9.17, 15) is 14.4 Å². The van der Waals surface area contributed by atoms with Crippen molar-refractivity contribution in [1.82, 2.24) is 5.32 Å². The van der Waals surface area contributed by atoms with Crippen LogP contribution in [0.5, 0.6) is 0 Å². The minimum atomic E-state index is -0.589. The van der Waals surface area contributed by atoms with E-state index in [4.69, 9.17) is 4.74 Å². The summed E-state index contributed by atoms with van der Waals surface area (Å²) >= 11 is 0.